The number of rotatable bonds is 5. The summed E-state index contributed by atoms with van der Waals surface area (Å²) in [6.07, 6.45) is 9.21. The number of nitrogens with zero attached hydrogens (tertiary/aromatic N) is 4. The maximum absolute atomic E-state index is 13.7. The van der Waals surface area contributed by atoms with Crippen molar-refractivity contribution in [2.24, 2.45) is 0 Å². The lowest BCUT2D eigenvalue weighted by atomic mass is 9.89. The molecule has 4 heterocycles. The number of aromatic nitrogens is 4. The average Bonchev–Trinajstić information content (AvgIpc) is 3.68. The van der Waals surface area contributed by atoms with E-state index in [4.69, 9.17) is 4.74 Å². The van der Waals surface area contributed by atoms with Gasteiger partial charge in [0.2, 0.25) is 0 Å². The molecule has 2 aromatic carbocycles. The van der Waals surface area contributed by atoms with Crippen molar-refractivity contribution >= 4 is 16.8 Å². The van der Waals surface area contributed by atoms with Crippen LogP contribution in [-0.4, -0.2) is 50.3 Å². The molecule has 0 radical (unpaired) electrons. The van der Waals surface area contributed by atoms with Crippen LogP contribution in [0.25, 0.3) is 22.4 Å². The minimum Gasteiger partial charge on any atom is -0.497 e. The molecule has 1 N–H and O–H groups in total. The van der Waals surface area contributed by atoms with Crippen molar-refractivity contribution in [2.45, 2.75) is 18.8 Å². The van der Waals surface area contributed by atoms with Gasteiger partial charge in [0, 0.05) is 42.6 Å². The van der Waals surface area contributed by atoms with E-state index < -0.39 is 0 Å². The van der Waals surface area contributed by atoms with Gasteiger partial charge in [-0.15, -0.1) is 0 Å². The SMILES string of the molecule is COc1ccc2[nH]cc(C3CCN(C(=O)c4cnn(-c5ccc(F)cc5)c4-n4cccc4)CC3)c2c1. The van der Waals surface area contributed by atoms with E-state index in [0.29, 0.717) is 36.1 Å². The van der Waals surface area contributed by atoms with E-state index in [1.54, 1.807) is 30.1 Å². The van der Waals surface area contributed by atoms with Crippen molar-refractivity contribution < 1.29 is 13.9 Å². The van der Waals surface area contributed by atoms with Gasteiger partial charge in [-0.25, -0.2) is 9.07 Å². The fourth-order valence-electron chi connectivity index (χ4n) is 5.14. The molecule has 0 aliphatic carbocycles. The predicted molar refractivity (Wildman–Crippen MR) is 136 cm³/mol. The van der Waals surface area contributed by atoms with Gasteiger partial charge in [-0.05, 0) is 78.9 Å². The predicted octanol–water partition coefficient (Wildman–Crippen LogP) is 5.31. The molecule has 3 aromatic heterocycles. The zero-order chi connectivity index (χ0) is 24.6. The summed E-state index contributed by atoms with van der Waals surface area (Å²) in [5.41, 5.74) is 3.57. The Balaban J connectivity index is 1.26. The summed E-state index contributed by atoms with van der Waals surface area (Å²) in [6, 6.07) is 16.0. The third-order valence-electron chi connectivity index (χ3n) is 7.04. The Labute approximate surface area is 207 Å². The summed E-state index contributed by atoms with van der Waals surface area (Å²) in [7, 11) is 1.68. The van der Waals surface area contributed by atoms with Crippen LogP contribution >= 0.6 is 0 Å². The number of amides is 1. The molecule has 0 atom stereocenters. The Morgan fingerprint density at radius 3 is 2.56 bits per heavy atom. The highest BCUT2D eigenvalue weighted by molar-refractivity contribution is 5.97. The fourth-order valence-corrected chi connectivity index (χ4v) is 5.14. The maximum Gasteiger partial charge on any atom is 0.259 e. The zero-order valence-electron chi connectivity index (χ0n) is 19.9. The topological polar surface area (TPSA) is 68.1 Å². The highest BCUT2D eigenvalue weighted by Gasteiger charge is 2.29. The second kappa shape index (κ2) is 9.03. The molecule has 5 aromatic rings. The maximum atomic E-state index is 13.7. The number of fused-ring (bicyclic) bond motifs is 1. The molecule has 8 heteroatoms. The number of H-pyrrole nitrogens is 1. The summed E-state index contributed by atoms with van der Waals surface area (Å²) in [5.74, 6) is 1.47. The van der Waals surface area contributed by atoms with E-state index in [1.807, 2.05) is 46.1 Å². The van der Waals surface area contributed by atoms with Crippen LogP contribution in [0.1, 0.15) is 34.7 Å². The molecule has 0 saturated carbocycles. The third kappa shape index (κ3) is 3.84. The van der Waals surface area contributed by atoms with Crippen LogP contribution in [-0.2, 0) is 0 Å². The van der Waals surface area contributed by atoms with Gasteiger partial charge in [-0.1, -0.05) is 0 Å². The smallest absolute Gasteiger partial charge is 0.259 e. The Hall–Kier alpha value is -4.33. The molecule has 1 amide bonds. The van der Waals surface area contributed by atoms with Crippen LogP contribution in [0.15, 0.2) is 79.4 Å². The summed E-state index contributed by atoms with van der Waals surface area (Å²) < 4.78 is 22.5. The normalized spacial score (nSPS) is 14.4. The van der Waals surface area contributed by atoms with Crippen LogP contribution in [0.3, 0.4) is 0 Å². The first kappa shape index (κ1) is 22.2. The van der Waals surface area contributed by atoms with Crippen molar-refractivity contribution in [3.8, 4) is 17.3 Å². The van der Waals surface area contributed by atoms with E-state index in [0.717, 1.165) is 24.1 Å². The number of piperidine rings is 1. The molecule has 1 aliphatic rings. The summed E-state index contributed by atoms with van der Waals surface area (Å²) in [4.78, 5) is 19.0. The van der Waals surface area contributed by atoms with E-state index in [9.17, 15) is 9.18 Å². The molecule has 0 spiro atoms. The number of likely N-dealkylation sites (tertiary alicyclic amines) is 1. The number of aromatic amines is 1. The van der Waals surface area contributed by atoms with Crippen LogP contribution in [0.5, 0.6) is 5.75 Å². The molecule has 0 unspecified atom stereocenters. The fraction of sp³-hybridized carbons (Fsp3) is 0.214. The first-order chi connectivity index (χ1) is 17.6. The van der Waals surface area contributed by atoms with E-state index >= 15 is 0 Å². The van der Waals surface area contributed by atoms with E-state index in [2.05, 4.69) is 22.3 Å². The van der Waals surface area contributed by atoms with E-state index in [1.165, 1.54) is 23.1 Å². The minimum absolute atomic E-state index is 0.0499. The van der Waals surface area contributed by atoms with Gasteiger partial charge < -0.3 is 19.2 Å². The number of benzene rings is 2. The monoisotopic (exact) mass is 483 g/mol. The van der Waals surface area contributed by atoms with Gasteiger partial charge in [0.25, 0.3) is 5.91 Å². The van der Waals surface area contributed by atoms with E-state index in [-0.39, 0.29) is 11.7 Å². The number of ether oxygens (including phenoxy) is 1. The summed E-state index contributed by atoms with van der Waals surface area (Å²) >= 11 is 0. The van der Waals surface area contributed by atoms with Crippen molar-refractivity contribution in [2.75, 3.05) is 20.2 Å². The van der Waals surface area contributed by atoms with Gasteiger partial charge in [0.1, 0.15) is 17.1 Å². The molecule has 1 aliphatic heterocycles. The molecule has 36 heavy (non-hydrogen) atoms. The van der Waals surface area contributed by atoms with Crippen LogP contribution in [0.2, 0.25) is 0 Å². The Morgan fingerprint density at radius 2 is 1.83 bits per heavy atom. The summed E-state index contributed by atoms with van der Waals surface area (Å²) in [6.45, 7) is 1.32. The van der Waals surface area contributed by atoms with Crippen LogP contribution < -0.4 is 4.74 Å². The third-order valence-corrected chi connectivity index (χ3v) is 7.04. The number of carbonyl (C=O) groups excluding carboxylic acids is 1. The number of halogens is 1. The number of hydrogen-bond acceptors (Lipinski definition) is 3. The van der Waals surface area contributed by atoms with Gasteiger partial charge in [-0.3, -0.25) is 4.79 Å². The lowest BCUT2D eigenvalue weighted by molar-refractivity contribution is 0.0713. The summed E-state index contributed by atoms with van der Waals surface area (Å²) in [5, 5.41) is 5.68. The Morgan fingerprint density at radius 1 is 1.08 bits per heavy atom. The van der Waals surface area contributed by atoms with Gasteiger partial charge in [0.05, 0.1) is 19.0 Å². The minimum atomic E-state index is -0.318. The first-order valence-electron chi connectivity index (χ1n) is 12.0. The molecular formula is C28H26FN5O2. The van der Waals surface area contributed by atoms with Crippen molar-refractivity contribution in [1.29, 1.82) is 0 Å². The van der Waals surface area contributed by atoms with Crippen LogP contribution in [0, 0.1) is 5.82 Å². The standard InChI is InChI=1S/C28H26FN5O2/c1-36-22-8-9-26-23(16-22)24(17-30-26)19-10-14-33(15-11-19)28(35)25-18-31-34(21-6-4-20(29)5-7-21)27(25)32-12-2-3-13-32/h2-9,12-13,16-19,30H,10-11,14-15H2,1H3. The molecule has 1 saturated heterocycles. The molecular weight excluding hydrogens is 457 g/mol. The lowest BCUT2D eigenvalue weighted by Gasteiger charge is -2.32. The zero-order valence-corrected chi connectivity index (χ0v) is 19.9. The highest BCUT2D eigenvalue weighted by atomic mass is 19.1. The van der Waals surface area contributed by atoms with Crippen molar-refractivity contribution in [3.05, 3.63) is 96.3 Å². The van der Waals surface area contributed by atoms with Gasteiger partial charge in [0.15, 0.2) is 5.82 Å². The quantitative estimate of drug-likeness (QED) is 0.368. The second-order valence-electron chi connectivity index (χ2n) is 9.08. The number of carbonyl (C=O) groups is 1. The number of hydrogen-bond donors (Lipinski definition) is 1. The molecule has 0 bridgehead atoms. The average molecular weight is 484 g/mol. The van der Waals surface area contributed by atoms with Crippen molar-refractivity contribution in [3.63, 3.8) is 0 Å². The Bertz CT molecular complexity index is 1510. The number of nitrogens with one attached hydrogen (secondary N) is 1. The highest BCUT2D eigenvalue weighted by Crippen LogP contribution is 2.35. The van der Waals surface area contributed by atoms with Crippen molar-refractivity contribution in [1.82, 2.24) is 24.2 Å². The van der Waals surface area contributed by atoms with Gasteiger partial charge >= 0.3 is 0 Å². The van der Waals surface area contributed by atoms with Gasteiger partial charge in [-0.2, -0.15) is 5.10 Å². The molecule has 182 valence electrons. The second-order valence-corrected chi connectivity index (χ2v) is 9.08. The molecule has 6 rings (SSSR count). The van der Waals surface area contributed by atoms with Crippen LogP contribution in [0.4, 0.5) is 4.39 Å². The molecule has 7 nitrogen and oxygen atoms in total. The first-order valence-corrected chi connectivity index (χ1v) is 12.0. The largest absolute Gasteiger partial charge is 0.497 e. The number of methoxy groups -OCH3 is 1. The molecule has 1 fully saturated rings. The lowest BCUT2D eigenvalue weighted by Crippen LogP contribution is -2.38. The Kier molecular flexibility index (Phi) is 5.56.